The van der Waals surface area contributed by atoms with Crippen molar-refractivity contribution in [1.29, 1.82) is 10.5 Å². The maximum Gasteiger partial charge on any atom is 0.170 e. The Bertz CT molecular complexity index is 2470. The minimum absolute atomic E-state index is 0.0737. The summed E-state index contributed by atoms with van der Waals surface area (Å²) in [6.45, 7) is 9.84. The average Bonchev–Trinajstić information content (AvgIpc) is 3.68. The van der Waals surface area contributed by atoms with Crippen molar-refractivity contribution in [1.82, 2.24) is 9.97 Å². The monoisotopic (exact) mass is 838 g/mol. The average molecular weight is 840 g/mol. The number of carbonyl (C=O) groups excluding carboxylic acids is 2. The second kappa shape index (κ2) is 18.8. The van der Waals surface area contributed by atoms with Gasteiger partial charge in [-0.2, -0.15) is 10.5 Å². The first-order chi connectivity index (χ1) is 27.8. The number of nitriles is 2. The van der Waals surface area contributed by atoms with Gasteiger partial charge in [-0.3, -0.25) is 9.59 Å². The van der Waals surface area contributed by atoms with Gasteiger partial charge in [-0.15, -0.1) is 5.92 Å². The second-order valence-corrected chi connectivity index (χ2v) is 15.3. The fraction of sp³-hybridized carbons (Fsp3) is 0.319. The molecule has 2 N–H and O–H groups in total. The van der Waals surface area contributed by atoms with Crippen LogP contribution in [0.1, 0.15) is 81.2 Å². The number of pyridine rings is 2. The molecule has 2 atom stereocenters. The molecule has 0 saturated carbocycles. The second-order valence-electron chi connectivity index (χ2n) is 14.3. The Labute approximate surface area is 349 Å². The molecular weight excluding hydrogens is 792 g/mol. The number of anilines is 2. The van der Waals surface area contributed by atoms with Gasteiger partial charge in [0.05, 0.1) is 36.5 Å². The number of aromatic nitrogens is 2. The van der Waals surface area contributed by atoms with E-state index in [4.69, 9.17) is 14.7 Å². The van der Waals surface area contributed by atoms with Crippen LogP contribution in [0, 0.1) is 74.0 Å². The van der Waals surface area contributed by atoms with E-state index in [-0.39, 0.29) is 23.4 Å². The highest BCUT2D eigenvalue weighted by Crippen LogP contribution is 2.41. The van der Waals surface area contributed by atoms with Gasteiger partial charge in [-0.1, -0.05) is 21.9 Å². The summed E-state index contributed by atoms with van der Waals surface area (Å²) < 4.78 is 12.2. The Morgan fingerprint density at radius 3 is 1.45 bits per heavy atom. The predicted molar refractivity (Wildman–Crippen MR) is 231 cm³/mol. The van der Waals surface area contributed by atoms with E-state index in [1.165, 1.54) is 0 Å². The molecular formula is C47H47BrN6O4. The molecule has 0 saturated heterocycles. The van der Waals surface area contributed by atoms with Crippen molar-refractivity contribution in [3.8, 4) is 24.0 Å². The molecule has 0 fully saturated rings. The van der Waals surface area contributed by atoms with Crippen LogP contribution in [0.15, 0.2) is 64.5 Å². The number of methoxy groups -OCH3 is 2. The number of allylic oxidation sites excluding steroid dienone is 4. The van der Waals surface area contributed by atoms with E-state index in [1.807, 2.05) is 71.0 Å². The SMILES string of the molecule is CC#Cc1cc(C)c(C2=C(OC)CC(Cc3ccc(C#N)c(NC)n3)C2=O)c(C)c1.CNc1nc(CC2CC(OC)=C(c3c(C)cc(Br)cc3C)C2=O)ccc1C#N. The molecule has 0 spiro atoms. The molecule has 0 radical (unpaired) electrons. The molecule has 2 unspecified atom stereocenters. The van der Waals surface area contributed by atoms with Crippen LogP contribution in [-0.2, 0) is 31.9 Å². The summed E-state index contributed by atoms with van der Waals surface area (Å²) in [5.41, 5.74) is 10.8. The zero-order valence-electron chi connectivity index (χ0n) is 34.4. The van der Waals surface area contributed by atoms with Crippen LogP contribution in [0.2, 0.25) is 0 Å². The van der Waals surface area contributed by atoms with Crippen molar-refractivity contribution in [3.05, 3.63) is 126 Å². The molecule has 0 bridgehead atoms. The van der Waals surface area contributed by atoms with Gasteiger partial charge in [0, 0.05) is 73.0 Å². The number of nitrogens with one attached hydrogen (secondary N) is 2. The van der Waals surface area contributed by atoms with Gasteiger partial charge in [0.25, 0.3) is 0 Å². The quantitative estimate of drug-likeness (QED) is 0.149. The van der Waals surface area contributed by atoms with Crippen molar-refractivity contribution < 1.29 is 19.1 Å². The summed E-state index contributed by atoms with van der Waals surface area (Å²) in [6, 6.07) is 19.4. The van der Waals surface area contributed by atoms with Gasteiger partial charge in [-0.25, -0.2) is 9.97 Å². The molecule has 6 rings (SSSR count). The maximum absolute atomic E-state index is 13.4. The standard InChI is InChI=1S/C25H25N3O2.C22H22BrN3O2/c1-6-7-17-10-15(2)22(16(3)11-17)23-21(30-5)13-19(24(23)29)12-20-9-8-18(14-26)25(27-4)28-20;1-12-7-16(23)8-13(2)19(12)20-18(28-4)10-15(21(20)27)9-17-6-5-14(11-24)22(25-3)26-17/h8-11,19H,12-13H2,1-5H3,(H,27,28);5-8,15H,9-10H2,1-4H3,(H,25,26). The zero-order chi connectivity index (χ0) is 42.3. The molecule has 296 valence electrons. The number of halogens is 1. The van der Waals surface area contributed by atoms with E-state index >= 15 is 0 Å². The lowest BCUT2D eigenvalue weighted by molar-refractivity contribution is -0.117. The largest absolute Gasteiger partial charge is 0.500 e. The van der Waals surface area contributed by atoms with Crippen LogP contribution in [0.5, 0.6) is 0 Å². The molecule has 2 aromatic carbocycles. The molecule has 2 heterocycles. The van der Waals surface area contributed by atoms with Crippen molar-refractivity contribution in [2.24, 2.45) is 11.8 Å². The third-order valence-electron chi connectivity index (χ3n) is 10.5. The number of hydrogen-bond acceptors (Lipinski definition) is 10. The summed E-state index contributed by atoms with van der Waals surface area (Å²) in [4.78, 5) is 35.7. The summed E-state index contributed by atoms with van der Waals surface area (Å²) in [5.74, 6) is 8.20. The van der Waals surface area contributed by atoms with Crippen LogP contribution < -0.4 is 10.6 Å². The van der Waals surface area contributed by atoms with E-state index in [0.717, 1.165) is 60.6 Å². The maximum atomic E-state index is 13.4. The lowest BCUT2D eigenvalue weighted by Gasteiger charge is -2.14. The number of carbonyl (C=O) groups is 2. The number of aryl methyl sites for hydroxylation is 4. The third-order valence-corrected chi connectivity index (χ3v) is 10.9. The Morgan fingerprint density at radius 2 is 1.10 bits per heavy atom. The van der Waals surface area contributed by atoms with Crippen LogP contribution in [-0.4, -0.2) is 49.8 Å². The lowest BCUT2D eigenvalue weighted by atomic mass is 9.89. The fourth-order valence-electron chi connectivity index (χ4n) is 7.92. The number of nitrogens with zero attached hydrogens (tertiary/aromatic N) is 4. The molecule has 0 aliphatic heterocycles. The minimum Gasteiger partial charge on any atom is -0.500 e. The molecule has 4 aromatic rings. The van der Waals surface area contributed by atoms with Crippen molar-refractivity contribution in [2.75, 3.05) is 38.9 Å². The number of benzene rings is 2. The van der Waals surface area contributed by atoms with Gasteiger partial charge in [-0.05, 0) is 117 Å². The van der Waals surface area contributed by atoms with Crippen molar-refractivity contribution >= 4 is 50.3 Å². The number of Topliss-reactive ketones (excluding diaryl/α,β-unsaturated/α-hetero) is 2. The first kappa shape index (κ1) is 42.9. The molecule has 2 aromatic heterocycles. The Balaban J connectivity index is 0.000000221. The lowest BCUT2D eigenvalue weighted by Crippen LogP contribution is -2.15. The Hall–Kier alpha value is -6.22. The Morgan fingerprint density at radius 1 is 0.707 bits per heavy atom. The minimum atomic E-state index is -0.242. The number of rotatable bonds is 10. The molecule has 2 aliphatic carbocycles. The zero-order valence-corrected chi connectivity index (χ0v) is 36.0. The van der Waals surface area contributed by atoms with Gasteiger partial charge in [0.1, 0.15) is 35.3 Å². The van der Waals surface area contributed by atoms with Crippen LogP contribution in [0.25, 0.3) is 11.1 Å². The molecule has 11 heteroatoms. The highest BCUT2D eigenvalue weighted by atomic mass is 79.9. The van der Waals surface area contributed by atoms with E-state index in [1.54, 1.807) is 40.4 Å². The summed E-state index contributed by atoms with van der Waals surface area (Å²) in [5, 5.41) is 24.2. The normalized spacial score (nSPS) is 15.9. The van der Waals surface area contributed by atoms with Crippen LogP contribution >= 0.6 is 15.9 Å². The summed E-state index contributed by atoms with van der Waals surface area (Å²) in [6.07, 6.45) is 2.09. The fourth-order valence-corrected chi connectivity index (χ4v) is 8.61. The first-order valence-electron chi connectivity index (χ1n) is 18.9. The van der Waals surface area contributed by atoms with Crippen LogP contribution in [0.3, 0.4) is 0 Å². The summed E-state index contributed by atoms with van der Waals surface area (Å²) in [7, 11) is 6.70. The number of hydrogen-bond donors (Lipinski definition) is 2. The molecule has 58 heavy (non-hydrogen) atoms. The van der Waals surface area contributed by atoms with Crippen molar-refractivity contribution in [2.45, 2.75) is 60.3 Å². The highest BCUT2D eigenvalue weighted by molar-refractivity contribution is 9.10. The van der Waals surface area contributed by atoms with Gasteiger partial charge in [0.2, 0.25) is 0 Å². The van der Waals surface area contributed by atoms with E-state index in [9.17, 15) is 14.9 Å². The highest BCUT2D eigenvalue weighted by Gasteiger charge is 2.38. The molecule has 10 nitrogen and oxygen atoms in total. The molecule has 0 amide bonds. The number of ether oxygens (including phenoxy) is 2. The van der Waals surface area contributed by atoms with Gasteiger partial charge < -0.3 is 20.1 Å². The molecule has 2 aliphatic rings. The smallest absolute Gasteiger partial charge is 0.170 e. The Kier molecular flexibility index (Phi) is 13.9. The topological polar surface area (TPSA) is 150 Å². The van der Waals surface area contributed by atoms with E-state index in [2.05, 4.69) is 60.5 Å². The van der Waals surface area contributed by atoms with Crippen LogP contribution in [0.4, 0.5) is 11.6 Å². The van der Waals surface area contributed by atoms with E-state index in [0.29, 0.717) is 65.4 Å². The first-order valence-corrected chi connectivity index (χ1v) is 19.7. The van der Waals surface area contributed by atoms with Gasteiger partial charge >= 0.3 is 0 Å². The predicted octanol–water partition coefficient (Wildman–Crippen LogP) is 8.74. The van der Waals surface area contributed by atoms with E-state index < -0.39 is 0 Å². The van der Waals surface area contributed by atoms with Crippen molar-refractivity contribution in [3.63, 3.8) is 0 Å². The third kappa shape index (κ3) is 8.99. The summed E-state index contributed by atoms with van der Waals surface area (Å²) >= 11 is 3.52. The van der Waals surface area contributed by atoms with Gasteiger partial charge in [0.15, 0.2) is 11.6 Å². The number of ketones is 2.